The standard InChI is InChI=1S/C10H14FNO3.ClH/c1-15-9-5-6(8(12)2-3-13)4-7(11)10(9)14;/h4-5,8,13-14H,2-3,12H2,1H3;1H. The van der Waals surface area contributed by atoms with Gasteiger partial charge in [0.05, 0.1) is 7.11 Å². The van der Waals surface area contributed by atoms with Gasteiger partial charge in [-0.15, -0.1) is 12.4 Å². The van der Waals surface area contributed by atoms with E-state index in [9.17, 15) is 9.50 Å². The molecule has 0 heterocycles. The first kappa shape index (κ1) is 15.0. The Morgan fingerprint density at radius 1 is 1.50 bits per heavy atom. The van der Waals surface area contributed by atoms with Gasteiger partial charge < -0.3 is 20.7 Å². The van der Waals surface area contributed by atoms with E-state index in [0.717, 1.165) is 6.07 Å². The molecule has 0 aliphatic heterocycles. The van der Waals surface area contributed by atoms with Crippen LogP contribution < -0.4 is 10.5 Å². The summed E-state index contributed by atoms with van der Waals surface area (Å²) in [6, 6.07) is 2.12. The first-order valence-electron chi connectivity index (χ1n) is 4.53. The van der Waals surface area contributed by atoms with Crippen molar-refractivity contribution in [3.05, 3.63) is 23.5 Å². The zero-order chi connectivity index (χ0) is 11.4. The summed E-state index contributed by atoms with van der Waals surface area (Å²) in [5.74, 6) is -1.27. The highest BCUT2D eigenvalue weighted by atomic mass is 35.5. The van der Waals surface area contributed by atoms with E-state index < -0.39 is 17.6 Å². The van der Waals surface area contributed by atoms with Gasteiger partial charge in [0.15, 0.2) is 17.3 Å². The molecule has 0 radical (unpaired) electrons. The number of halogens is 2. The first-order chi connectivity index (χ1) is 7.10. The smallest absolute Gasteiger partial charge is 0.194 e. The number of hydrogen-bond donors (Lipinski definition) is 3. The van der Waals surface area contributed by atoms with Crippen LogP contribution in [0.1, 0.15) is 18.0 Å². The molecule has 92 valence electrons. The van der Waals surface area contributed by atoms with Gasteiger partial charge in [-0.2, -0.15) is 0 Å². The van der Waals surface area contributed by atoms with E-state index in [4.69, 9.17) is 15.6 Å². The summed E-state index contributed by atoms with van der Waals surface area (Å²) in [6.07, 6.45) is 0.327. The number of aliphatic hydroxyl groups excluding tert-OH is 1. The second-order valence-electron chi connectivity index (χ2n) is 3.17. The van der Waals surface area contributed by atoms with Crippen LogP contribution in [0.2, 0.25) is 0 Å². The highest BCUT2D eigenvalue weighted by Crippen LogP contribution is 2.32. The van der Waals surface area contributed by atoms with E-state index in [2.05, 4.69) is 0 Å². The number of nitrogens with two attached hydrogens (primary N) is 1. The Labute approximate surface area is 99.3 Å². The van der Waals surface area contributed by atoms with Crippen LogP contribution in [0.15, 0.2) is 12.1 Å². The predicted molar refractivity (Wildman–Crippen MR) is 60.5 cm³/mol. The van der Waals surface area contributed by atoms with E-state index in [-0.39, 0.29) is 24.8 Å². The van der Waals surface area contributed by atoms with Gasteiger partial charge in [-0.3, -0.25) is 0 Å². The molecule has 4 nitrogen and oxygen atoms in total. The highest BCUT2D eigenvalue weighted by molar-refractivity contribution is 5.85. The SMILES string of the molecule is COc1cc(C(N)CCO)cc(F)c1O.Cl. The number of aliphatic hydroxyl groups is 1. The third-order valence-electron chi connectivity index (χ3n) is 2.14. The van der Waals surface area contributed by atoms with Gasteiger partial charge in [-0.1, -0.05) is 0 Å². The van der Waals surface area contributed by atoms with Crippen LogP contribution in [0.25, 0.3) is 0 Å². The van der Waals surface area contributed by atoms with Crippen molar-refractivity contribution < 1.29 is 19.3 Å². The fourth-order valence-electron chi connectivity index (χ4n) is 1.27. The Morgan fingerprint density at radius 3 is 2.62 bits per heavy atom. The van der Waals surface area contributed by atoms with Crippen LogP contribution in [0.4, 0.5) is 4.39 Å². The Balaban J connectivity index is 0.00000225. The van der Waals surface area contributed by atoms with Gasteiger partial charge in [0.25, 0.3) is 0 Å². The summed E-state index contributed by atoms with van der Waals surface area (Å²) in [6.45, 7) is -0.0774. The van der Waals surface area contributed by atoms with Crippen LogP contribution in [-0.4, -0.2) is 23.9 Å². The quantitative estimate of drug-likeness (QED) is 0.755. The molecule has 1 unspecified atom stereocenters. The van der Waals surface area contributed by atoms with Crippen LogP contribution in [0, 0.1) is 5.82 Å². The summed E-state index contributed by atoms with van der Waals surface area (Å²) in [5, 5.41) is 17.9. The molecule has 6 heteroatoms. The highest BCUT2D eigenvalue weighted by Gasteiger charge is 2.14. The van der Waals surface area contributed by atoms with Crippen LogP contribution in [-0.2, 0) is 0 Å². The van der Waals surface area contributed by atoms with Gasteiger partial charge in [0.2, 0.25) is 0 Å². The lowest BCUT2D eigenvalue weighted by Crippen LogP contribution is -2.12. The van der Waals surface area contributed by atoms with Gasteiger partial charge in [-0.25, -0.2) is 4.39 Å². The van der Waals surface area contributed by atoms with E-state index in [0.29, 0.717) is 12.0 Å². The number of rotatable bonds is 4. The molecule has 0 aromatic heterocycles. The monoisotopic (exact) mass is 251 g/mol. The molecule has 0 saturated carbocycles. The van der Waals surface area contributed by atoms with Crippen molar-refractivity contribution in [2.24, 2.45) is 5.73 Å². The fourth-order valence-corrected chi connectivity index (χ4v) is 1.27. The summed E-state index contributed by atoms with van der Waals surface area (Å²) >= 11 is 0. The third kappa shape index (κ3) is 3.23. The maximum absolute atomic E-state index is 13.2. The summed E-state index contributed by atoms with van der Waals surface area (Å²) in [4.78, 5) is 0. The van der Waals surface area contributed by atoms with Crippen LogP contribution in [0.5, 0.6) is 11.5 Å². The molecular formula is C10H15ClFNO3. The molecule has 1 rings (SSSR count). The Hall–Kier alpha value is -1.04. The zero-order valence-electron chi connectivity index (χ0n) is 8.81. The maximum atomic E-state index is 13.2. The number of aromatic hydroxyl groups is 1. The number of phenolic OH excluding ortho intramolecular Hbond substituents is 1. The van der Waals surface area contributed by atoms with Crippen molar-refractivity contribution in [3.8, 4) is 11.5 Å². The van der Waals surface area contributed by atoms with Gasteiger partial charge in [0, 0.05) is 12.6 Å². The van der Waals surface area contributed by atoms with Crippen LogP contribution >= 0.6 is 12.4 Å². The average Bonchev–Trinajstić information content (AvgIpc) is 2.22. The molecule has 1 aromatic rings. The molecule has 0 saturated heterocycles. The normalized spacial score (nSPS) is 11.8. The Morgan fingerprint density at radius 2 is 2.12 bits per heavy atom. The fraction of sp³-hybridized carbons (Fsp3) is 0.400. The lowest BCUT2D eigenvalue weighted by Gasteiger charge is -2.13. The molecule has 0 aliphatic carbocycles. The number of methoxy groups -OCH3 is 1. The van der Waals surface area contributed by atoms with E-state index in [1.54, 1.807) is 0 Å². The van der Waals surface area contributed by atoms with Gasteiger partial charge in [-0.05, 0) is 24.1 Å². The molecule has 16 heavy (non-hydrogen) atoms. The number of hydrogen-bond acceptors (Lipinski definition) is 4. The molecule has 0 aliphatic rings. The van der Waals surface area contributed by atoms with Crippen molar-refractivity contribution in [1.29, 1.82) is 0 Å². The van der Waals surface area contributed by atoms with Crippen molar-refractivity contribution in [1.82, 2.24) is 0 Å². The minimum absolute atomic E-state index is 0. The Bertz CT molecular complexity index is 349. The van der Waals surface area contributed by atoms with E-state index >= 15 is 0 Å². The van der Waals surface area contributed by atoms with E-state index in [1.807, 2.05) is 0 Å². The average molecular weight is 252 g/mol. The first-order valence-corrected chi connectivity index (χ1v) is 4.53. The van der Waals surface area contributed by atoms with Crippen molar-refractivity contribution in [2.75, 3.05) is 13.7 Å². The Kier molecular flexibility index (Phi) is 6.10. The molecule has 0 amide bonds. The van der Waals surface area contributed by atoms with E-state index in [1.165, 1.54) is 13.2 Å². The topological polar surface area (TPSA) is 75.7 Å². The zero-order valence-corrected chi connectivity index (χ0v) is 9.63. The van der Waals surface area contributed by atoms with Crippen LogP contribution in [0.3, 0.4) is 0 Å². The molecule has 0 fully saturated rings. The largest absolute Gasteiger partial charge is 0.502 e. The van der Waals surface area contributed by atoms with Crippen molar-refractivity contribution >= 4 is 12.4 Å². The summed E-state index contributed by atoms with van der Waals surface area (Å²) < 4.78 is 18.0. The minimum Gasteiger partial charge on any atom is -0.502 e. The van der Waals surface area contributed by atoms with Crippen molar-refractivity contribution in [3.63, 3.8) is 0 Å². The molecule has 0 bridgehead atoms. The third-order valence-corrected chi connectivity index (χ3v) is 2.14. The van der Waals surface area contributed by atoms with Gasteiger partial charge >= 0.3 is 0 Å². The summed E-state index contributed by atoms with van der Waals surface area (Å²) in [5.41, 5.74) is 6.17. The lowest BCUT2D eigenvalue weighted by molar-refractivity contribution is 0.276. The maximum Gasteiger partial charge on any atom is 0.194 e. The molecular weight excluding hydrogens is 237 g/mol. The second kappa shape index (κ2) is 6.52. The molecule has 0 spiro atoms. The predicted octanol–water partition coefficient (Wildman–Crippen LogP) is 1.34. The molecule has 1 aromatic carbocycles. The number of benzene rings is 1. The van der Waals surface area contributed by atoms with Gasteiger partial charge in [0.1, 0.15) is 0 Å². The summed E-state index contributed by atoms with van der Waals surface area (Å²) in [7, 11) is 1.33. The molecule has 4 N–H and O–H groups in total. The molecule has 1 atom stereocenters. The number of phenols is 1. The number of ether oxygens (including phenoxy) is 1. The second-order valence-corrected chi connectivity index (χ2v) is 3.17. The lowest BCUT2D eigenvalue weighted by atomic mass is 10.0. The minimum atomic E-state index is -0.780. The van der Waals surface area contributed by atoms with Crippen molar-refractivity contribution in [2.45, 2.75) is 12.5 Å².